The fourth-order valence-corrected chi connectivity index (χ4v) is 3.98. The number of ether oxygens (including phenoxy) is 2. The maximum atomic E-state index is 14.2. The molecule has 148 valence electrons. The smallest absolute Gasteiger partial charge is 0.410 e. The Labute approximate surface area is 159 Å². The van der Waals surface area contributed by atoms with Gasteiger partial charge in [-0.25, -0.2) is 9.18 Å². The van der Waals surface area contributed by atoms with Gasteiger partial charge in [0.25, 0.3) is 5.91 Å². The summed E-state index contributed by atoms with van der Waals surface area (Å²) < 4.78 is 25.1. The highest BCUT2D eigenvalue weighted by Gasteiger charge is 2.48. The fraction of sp³-hybridized carbons (Fsp3) is 0.600. The SMILES string of the molecule is CCCC(C)N1CC2(CCN(C(=O)c3c(F)cccc3OC)CC2)OC1=O. The lowest BCUT2D eigenvalue weighted by Gasteiger charge is -2.37. The van der Waals surface area contributed by atoms with Crippen LogP contribution in [0.3, 0.4) is 0 Å². The van der Waals surface area contributed by atoms with Crippen molar-refractivity contribution in [2.75, 3.05) is 26.7 Å². The van der Waals surface area contributed by atoms with Gasteiger partial charge in [-0.3, -0.25) is 4.79 Å². The molecule has 7 heteroatoms. The molecule has 2 amide bonds. The normalized spacial score (nSPS) is 19.9. The van der Waals surface area contributed by atoms with E-state index in [4.69, 9.17) is 9.47 Å². The Morgan fingerprint density at radius 2 is 2.07 bits per heavy atom. The minimum atomic E-state index is -0.591. The molecule has 0 aromatic heterocycles. The van der Waals surface area contributed by atoms with Gasteiger partial charge in [0.2, 0.25) is 0 Å². The van der Waals surface area contributed by atoms with Crippen molar-refractivity contribution in [1.82, 2.24) is 9.80 Å². The number of hydrogen-bond donors (Lipinski definition) is 0. The summed E-state index contributed by atoms with van der Waals surface area (Å²) in [6.07, 6.45) is 2.77. The summed E-state index contributed by atoms with van der Waals surface area (Å²) in [6, 6.07) is 4.49. The van der Waals surface area contributed by atoms with Gasteiger partial charge in [-0.05, 0) is 25.5 Å². The number of likely N-dealkylation sites (tertiary alicyclic amines) is 1. The molecular weight excluding hydrogens is 351 g/mol. The molecule has 3 rings (SSSR count). The molecule has 0 saturated carbocycles. The molecule has 2 saturated heterocycles. The van der Waals surface area contributed by atoms with E-state index in [1.807, 2.05) is 6.92 Å². The average Bonchev–Trinajstić information content (AvgIpc) is 2.97. The molecule has 2 aliphatic rings. The zero-order chi connectivity index (χ0) is 19.6. The van der Waals surface area contributed by atoms with Crippen molar-refractivity contribution in [1.29, 1.82) is 0 Å². The van der Waals surface area contributed by atoms with E-state index >= 15 is 0 Å². The van der Waals surface area contributed by atoms with Crippen LogP contribution in [0.4, 0.5) is 9.18 Å². The highest BCUT2D eigenvalue weighted by atomic mass is 19.1. The van der Waals surface area contributed by atoms with Crippen LogP contribution in [0.1, 0.15) is 49.9 Å². The van der Waals surface area contributed by atoms with E-state index in [0.717, 1.165) is 12.8 Å². The van der Waals surface area contributed by atoms with Crippen molar-refractivity contribution in [3.05, 3.63) is 29.6 Å². The molecular formula is C20H27FN2O4. The van der Waals surface area contributed by atoms with E-state index in [2.05, 4.69) is 6.92 Å². The largest absolute Gasteiger partial charge is 0.496 e. The fourth-order valence-electron chi connectivity index (χ4n) is 3.98. The molecule has 6 nitrogen and oxygen atoms in total. The van der Waals surface area contributed by atoms with E-state index in [1.54, 1.807) is 15.9 Å². The van der Waals surface area contributed by atoms with E-state index in [0.29, 0.717) is 32.5 Å². The van der Waals surface area contributed by atoms with Crippen molar-refractivity contribution in [2.45, 2.75) is 51.2 Å². The van der Waals surface area contributed by atoms with E-state index in [-0.39, 0.29) is 29.4 Å². The van der Waals surface area contributed by atoms with Gasteiger partial charge in [0.15, 0.2) is 0 Å². The first-order valence-electron chi connectivity index (χ1n) is 9.52. The van der Waals surface area contributed by atoms with Crippen LogP contribution in [0.15, 0.2) is 18.2 Å². The second kappa shape index (κ2) is 7.74. The predicted octanol–water partition coefficient (Wildman–Crippen LogP) is 3.45. The molecule has 1 aromatic carbocycles. The van der Waals surface area contributed by atoms with Gasteiger partial charge in [0, 0.05) is 32.0 Å². The number of rotatable bonds is 5. The van der Waals surface area contributed by atoms with Gasteiger partial charge in [-0.15, -0.1) is 0 Å². The van der Waals surface area contributed by atoms with Gasteiger partial charge in [0.1, 0.15) is 22.7 Å². The van der Waals surface area contributed by atoms with Gasteiger partial charge in [-0.1, -0.05) is 19.4 Å². The third-order valence-corrected chi connectivity index (χ3v) is 5.61. The van der Waals surface area contributed by atoms with Gasteiger partial charge in [-0.2, -0.15) is 0 Å². The molecule has 2 aliphatic heterocycles. The predicted molar refractivity (Wildman–Crippen MR) is 98.4 cm³/mol. The number of piperidine rings is 1. The van der Waals surface area contributed by atoms with Crippen LogP contribution >= 0.6 is 0 Å². The summed E-state index contributed by atoms with van der Waals surface area (Å²) >= 11 is 0. The van der Waals surface area contributed by atoms with Gasteiger partial charge < -0.3 is 19.3 Å². The van der Waals surface area contributed by atoms with E-state index < -0.39 is 11.4 Å². The van der Waals surface area contributed by atoms with Crippen LogP contribution < -0.4 is 4.74 Å². The van der Waals surface area contributed by atoms with Gasteiger partial charge in [0.05, 0.1) is 13.7 Å². The van der Waals surface area contributed by atoms with Crippen molar-refractivity contribution in [3.8, 4) is 5.75 Å². The molecule has 0 aliphatic carbocycles. The average molecular weight is 378 g/mol. The Hall–Kier alpha value is -2.31. The zero-order valence-electron chi connectivity index (χ0n) is 16.2. The molecule has 1 atom stereocenters. The molecule has 1 aromatic rings. The maximum Gasteiger partial charge on any atom is 0.410 e. The first-order valence-corrected chi connectivity index (χ1v) is 9.52. The van der Waals surface area contributed by atoms with E-state index in [1.165, 1.54) is 19.2 Å². The summed E-state index contributed by atoms with van der Waals surface area (Å²) in [4.78, 5) is 28.5. The number of halogens is 1. The first kappa shape index (κ1) is 19.5. The summed E-state index contributed by atoms with van der Waals surface area (Å²) in [5.74, 6) is -0.751. The first-order chi connectivity index (χ1) is 12.9. The third kappa shape index (κ3) is 3.73. The van der Waals surface area contributed by atoms with E-state index in [9.17, 15) is 14.0 Å². The Kier molecular flexibility index (Phi) is 5.58. The second-order valence-corrected chi connectivity index (χ2v) is 7.43. The highest BCUT2D eigenvalue weighted by Crippen LogP contribution is 2.35. The van der Waals surface area contributed by atoms with Crippen molar-refractivity contribution < 1.29 is 23.5 Å². The number of hydrogen-bond acceptors (Lipinski definition) is 4. The summed E-state index contributed by atoms with van der Waals surface area (Å²) in [5, 5.41) is 0. The zero-order valence-corrected chi connectivity index (χ0v) is 16.2. The van der Waals surface area contributed by atoms with Crippen LogP contribution in [0, 0.1) is 5.82 Å². The van der Waals surface area contributed by atoms with Crippen LogP contribution in [0.25, 0.3) is 0 Å². The molecule has 27 heavy (non-hydrogen) atoms. The molecule has 2 heterocycles. The number of amides is 2. The number of carbonyl (C=O) groups is 2. The quantitative estimate of drug-likeness (QED) is 0.787. The standard InChI is InChI=1S/C20H27FN2O4/c1-4-6-14(2)23-13-20(27-19(23)25)9-11-22(12-10-20)18(24)17-15(21)7-5-8-16(17)26-3/h5,7-8,14H,4,6,9-13H2,1-3H3. The lowest BCUT2D eigenvalue weighted by molar-refractivity contribution is 0.00288. The van der Waals surface area contributed by atoms with Crippen LogP contribution in [-0.4, -0.2) is 60.2 Å². The second-order valence-electron chi connectivity index (χ2n) is 7.43. The minimum absolute atomic E-state index is 0.0439. The molecule has 0 N–H and O–H groups in total. The Morgan fingerprint density at radius 1 is 1.37 bits per heavy atom. The molecule has 0 radical (unpaired) electrons. The molecule has 2 fully saturated rings. The minimum Gasteiger partial charge on any atom is -0.496 e. The van der Waals surface area contributed by atoms with Crippen molar-refractivity contribution in [2.24, 2.45) is 0 Å². The van der Waals surface area contributed by atoms with Crippen molar-refractivity contribution in [3.63, 3.8) is 0 Å². The number of nitrogens with zero attached hydrogens (tertiary/aromatic N) is 2. The number of methoxy groups -OCH3 is 1. The van der Waals surface area contributed by atoms with Gasteiger partial charge >= 0.3 is 6.09 Å². The molecule has 0 bridgehead atoms. The maximum absolute atomic E-state index is 14.2. The Bertz CT molecular complexity index is 716. The summed E-state index contributed by atoms with van der Waals surface area (Å²) in [6.45, 7) is 5.51. The highest BCUT2D eigenvalue weighted by molar-refractivity contribution is 5.97. The monoisotopic (exact) mass is 378 g/mol. The summed E-state index contributed by atoms with van der Waals surface area (Å²) in [7, 11) is 1.42. The third-order valence-electron chi connectivity index (χ3n) is 5.61. The topological polar surface area (TPSA) is 59.1 Å². The lowest BCUT2D eigenvalue weighted by atomic mass is 9.90. The summed E-state index contributed by atoms with van der Waals surface area (Å²) in [5.41, 5.74) is -0.590. The Morgan fingerprint density at radius 3 is 2.70 bits per heavy atom. The molecule has 1 unspecified atom stereocenters. The van der Waals surface area contributed by atoms with Crippen LogP contribution in [0.2, 0.25) is 0 Å². The van der Waals surface area contributed by atoms with Crippen molar-refractivity contribution >= 4 is 12.0 Å². The number of carbonyl (C=O) groups excluding carboxylic acids is 2. The number of benzene rings is 1. The Balaban J connectivity index is 1.68. The van der Waals surface area contributed by atoms with Crippen LogP contribution in [0.5, 0.6) is 5.75 Å². The van der Waals surface area contributed by atoms with Crippen LogP contribution in [-0.2, 0) is 4.74 Å². The molecule has 1 spiro atoms. The lowest BCUT2D eigenvalue weighted by Crippen LogP contribution is -2.49.